The van der Waals surface area contributed by atoms with E-state index < -0.39 is 17.2 Å². The van der Waals surface area contributed by atoms with Crippen molar-refractivity contribution in [3.05, 3.63) is 6.20 Å². The molecule has 7 nitrogen and oxygen atoms in total. The summed E-state index contributed by atoms with van der Waals surface area (Å²) < 4.78 is 27.7. The number of nitrogen functional groups attached to an aromatic ring is 1. The van der Waals surface area contributed by atoms with Crippen LogP contribution < -0.4 is 10.0 Å². The van der Waals surface area contributed by atoms with E-state index in [2.05, 4.69) is 4.98 Å². The third-order valence-corrected chi connectivity index (χ3v) is 3.47. The van der Waals surface area contributed by atoms with E-state index in [1.165, 1.54) is 6.20 Å². The number of thiazole rings is 1. The number of anilines is 2. The van der Waals surface area contributed by atoms with Gasteiger partial charge in [-0.15, -0.1) is 0 Å². The highest BCUT2D eigenvalue weighted by Gasteiger charge is 2.13. The molecule has 0 aliphatic carbocycles. The van der Waals surface area contributed by atoms with Crippen LogP contribution in [0.3, 0.4) is 0 Å². The van der Waals surface area contributed by atoms with Gasteiger partial charge in [-0.1, -0.05) is 11.3 Å². The maximum Gasteiger partial charge on any atom is 0.307 e. The molecule has 0 aliphatic rings. The first-order valence-corrected chi connectivity index (χ1v) is 6.63. The van der Waals surface area contributed by atoms with Gasteiger partial charge in [0.1, 0.15) is 5.00 Å². The lowest BCUT2D eigenvalue weighted by atomic mass is 10.4. The Morgan fingerprint density at radius 1 is 1.76 bits per heavy atom. The van der Waals surface area contributed by atoms with E-state index in [9.17, 15) is 13.6 Å². The van der Waals surface area contributed by atoms with Crippen LogP contribution in [0.5, 0.6) is 0 Å². The highest BCUT2D eigenvalue weighted by molar-refractivity contribution is 7.81. The molecule has 0 aromatic carbocycles. The van der Waals surface area contributed by atoms with E-state index in [1.54, 1.807) is 6.92 Å². The van der Waals surface area contributed by atoms with Crippen LogP contribution in [0.4, 0.5) is 10.1 Å². The van der Waals surface area contributed by atoms with Gasteiger partial charge in [0, 0.05) is 17.8 Å². The fourth-order valence-electron chi connectivity index (χ4n) is 1.08. The number of ether oxygens (including phenoxy) is 1. The molecule has 9 heteroatoms. The molecule has 0 fully saturated rings. The average Bonchev–Trinajstić information content (AvgIpc) is 2.65. The maximum atomic E-state index is 11.1. The topological polar surface area (TPSA) is 109 Å². The third kappa shape index (κ3) is 4.29. The van der Waals surface area contributed by atoms with Crippen molar-refractivity contribution in [2.24, 2.45) is 0 Å². The van der Waals surface area contributed by atoms with Crippen LogP contribution in [0, 0.1) is 0 Å². The molecule has 1 aromatic heterocycles. The Bertz CT molecular complexity index is 409. The molecule has 0 saturated heterocycles. The number of rotatable bonds is 6. The van der Waals surface area contributed by atoms with Gasteiger partial charge in [-0.2, -0.15) is 0 Å². The van der Waals surface area contributed by atoms with E-state index in [4.69, 9.17) is 10.5 Å². The molecule has 2 N–H and O–H groups in total. The van der Waals surface area contributed by atoms with Gasteiger partial charge >= 0.3 is 5.97 Å². The zero-order valence-electron chi connectivity index (χ0n) is 9.12. The number of nitrogens with zero attached hydrogens (tertiary/aromatic N) is 2. The summed E-state index contributed by atoms with van der Waals surface area (Å²) >= 11 is -1.43. The zero-order valence-corrected chi connectivity index (χ0v) is 10.8. The molecule has 0 saturated carbocycles. The van der Waals surface area contributed by atoms with Crippen LogP contribution in [-0.2, 0) is 20.8 Å². The fourth-order valence-corrected chi connectivity index (χ4v) is 2.43. The SMILES string of the molecule is CCOC(=O)CCN(c1cnc(N)s1)S(=O)[O-]. The largest absolute Gasteiger partial charge is 0.755 e. The minimum Gasteiger partial charge on any atom is -0.755 e. The van der Waals surface area contributed by atoms with Crippen molar-refractivity contribution in [3.63, 3.8) is 0 Å². The molecule has 1 heterocycles. The molecule has 0 spiro atoms. The van der Waals surface area contributed by atoms with Crippen molar-refractivity contribution in [3.8, 4) is 0 Å². The second-order valence-corrected chi connectivity index (χ2v) is 4.83. The van der Waals surface area contributed by atoms with E-state index >= 15 is 0 Å². The maximum absolute atomic E-state index is 11.1. The highest BCUT2D eigenvalue weighted by Crippen LogP contribution is 2.25. The molecule has 96 valence electrons. The number of carbonyl (C=O) groups excluding carboxylic acids is 1. The Kier molecular flexibility index (Phi) is 5.32. The van der Waals surface area contributed by atoms with Gasteiger partial charge in [-0.05, 0) is 6.92 Å². The van der Waals surface area contributed by atoms with E-state index in [1.807, 2.05) is 0 Å². The molecular weight excluding hydrogens is 266 g/mol. The lowest BCUT2D eigenvalue weighted by Gasteiger charge is -2.23. The number of nitrogens with two attached hydrogens (primary N) is 1. The minimum absolute atomic E-state index is 0.0105. The van der Waals surface area contributed by atoms with Crippen LogP contribution in [0.1, 0.15) is 13.3 Å². The van der Waals surface area contributed by atoms with Crippen molar-refractivity contribution in [2.75, 3.05) is 23.2 Å². The Balaban J connectivity index is 2.62. The Morgan fingerprint density at radius 2 is 2.47 bits per heavy atom. The van der Waals surface area contributed by atoms with Gasteiger partial charge in [0.05, 0.1) is 19.2 Å². The first-order valence-electron chi connectivity index (χ1n) is 4.78. The normalized spacial score (nSPS) is 12.1. The lowest BCUT2D eigenvalue weighted by Crippen LogP contribution is -2.27. The third-order valence-electron chi connectivity index (χ3n) is 1.76. The second kappa shape index (κ2) is 6.52. The second-order valence-electron chi connectivity index (χ2n) is 2.91. The Hall–Kier alpha value is -1.19. The average molecular weight is 278 g/mol. The summed E-state index contributed by atoms with van der Waals surface area (Å²) in [5.74, 6) is -0.444. The molecule has 0 amide bonds. The van der Waals surface area contributed by atoms with Crippen molar-refractivity contribution in [1.82, 2.24) is 4.98 Å². The number of aromatic nitrogens is 1. The molecule has 0 bridgehead atoms. The van der Waals surface area contributed by atoms with Crippen molar-refractivity contribution >= 4 is 38.7 Å². The molecule has 1 rings (SSSR count). The molecule has 1 atom stereocenters. The first kappa shape index (κ1) is 13.9. The van der Waals surface area contributed by atoms with E-state index in [0.29, 0.717) is 5.00 Å². The predicted octanol–water partition coefficient (Wildman–Crippen LogP) is 0.279. The van der Waals surface area contributed by atoms with Crippen LogP contribution in [0.15, 0.2) is 6.20 Å². The van der Waals surface area contributed by atoms with Gasteiger partial charge in [-0.25, -0.2) is 4.98 Å². The van der Waals surface area contributed by atoms with Crippen LogP contribution in [0.25, 0.3) is 0 Å². The molecule has 1 aromatic rings. The smallest absolute Gasteiger partial charge is 0.307 e. The Morgan fingerprint density at radius 3 is 2.94 bits per heavy atom. The summed E-state index contributed by atoms with van der Waals surface area (Å²) in [6.07, 6.45) is 1.33. The molecule has 1 unspecified atom stereocenters. The van der Waals surface area contributed by atoms with Crippen molar-refractivity contribution in [1.29, 1.82) is 0 Å². The molecular formula is C8H12N3O4S2-. The molecule has 17 heavy (non-hydrogen) atoms. The van der Waals surface area contributed by atoms with Crippen molar-refractivity contribution < 1.29 is 18.3 Å². The molecule has 0 aliphatic heterocycles. The first-order chi connectivity index (χ1) is 8.04. The summed E-state index contributed by atoms with van der Waals surface area (Å²) in [4.78, 5) is 14.9. The monoisotopic (exact) mass is 278 g/mol. The minimum atomic E-state index is -2.47. The highest BCUT2D eigenvalue weighted by atomic mass is 32.2. The Labute approximate surface area is 105 Å². The fraction of sp³-hybridized carbons (Fsp3) is 0.500. The quantitative estimate of drug-likeness (QED) is 0.591. The number of esters is 1. The van der Waals surface area contributed by atoms with Gasteiger partial charge < -0.3 is 15.0 Å². The van der Waals surface area contributed by atoms with Crippen LogP contribution in [-0.4, -0.2) is 32.9 Å². The summed E-state index contributed by atoms with van der Waals surface area (Å²) in [5, 5.41) is 0.645. The molecule has 0 radical (unpaired) electrons. The van der Waals surface area contributed by atoms with Crippen LogP contribution >= 0.6 is 11.3 Å². The van der Waals surface area contributed by atoms with Gasteiger partial charge in [0.25, 0.3) is 0 Å². The summed E-state index contributed by atoms with van der Waals surface area (Å²) in [6, 6.07) is 0. The number of hydrogen-bond donors (Lipinski definition) is 1. The van der Waals surface area contributed by atoms with Gasteiger partial charge in [0.15, 0.2) is 5.13 Å². The number of hydrogen-bond acceptors (Lipinski definition) is 7. The summed E-state index contributed by atoms with van der Waals surface area (Å²) in [7, 11) is 0. The van der Waals surface area contributed by atoms with Crippen LogP contribution in [0.2, 0.25) is 0 Å². The number of carbonyl (C=O) groups is 1. The summed E-state index contributed by atoms with van der Waals surface area (Å²) in [6.45, 7) is 1.97. The zero-order chi connectivity index (χ0) is 12.8. The lowest BCUT2D eigenvalue weighted by molar-refractivity contribution is -0.142. The van der Waals surface area contributed by atoms with Gasteiger partial charge in [-0.3, -0.25) is 13.3 Å². The summed E-state index contributed by atoms with van der Waals surface area (Å²) in [5.41, 5.74) is 5.41. The van der Waals surface area contributed by atoms with Gasteiger partial charge in [0.2, 0.25) is 0 Å². The van der Waals surface area contributed by atoms with E-state index in [0.717, 1.165) is 15.6 Å². The van der Waals surface area contributed by atoms with Crippen molar-refractivity contribution in [2.45, 2.75) is 13.3 Å². The standard InChI is InChI=1S/C8H13N3O4S2/c1-2-15-7(12)3-4-11(17(13)14)6-5-10-8(9)16-6/h5H,2-4H2,1H3,(H2,9,10)(H,13,14)/p-1. The predicted molar refractivity (Wildman–Crippen MR) is 64.0 cm³/mol. The van der Waals surface area contributed by atoms with E-state index in [-0.39, 0.29) is 24.7 Å².